The largest absolute Gasteiger partial charge is 0.335 e. The second kappa shape index (κ2) is 4.94. The molecule has 0 aromatic carbocycles. The third-order valence-electron chi connectivity index (χ3n) is 2.83. The highest BCUT2D eigenvalue weighted by Gasteiger charge is 2.27. The fourth-order valence-electron chi connectivity index (χ4n) is 1.85. The maximum absolute atomic E-state index is 12.1. The van der Waals surface area contributed by atoms with Crippen LogP contribution < -0.4 is 0 Å². The molecule has 2 rings (SSSR count). The molecule has 2 heterocycles. The van der Waals surface area contributed by atoms with Gasteiger partial charge in [0.2, 0.25) is 10.0 Å². The van der Waals surface area contributed by atoms with Gasteiger partial charge in [0.15, 0.2) is 0 Å². The van der Waals surface area contributed by atoms with Gasteiger partial charge in [-0.15, -0.1) is 11.3 Å². The summed E-state index contributed by atoms with van der Waals surface area (Å²) in [5.41, 5.74) is 0.449. The van der Waals surface area contributed by atoms with Gasteiger partial charge in [-0.05, 0) is 6.92 Å². The van der Waals surface area contributed by atoms with E-state index in [0.717, 1.165) is 5.01 Å². The van der Waals surface area contributed by atoms with E-state index in [4.69, 9.17) is 0 Å². The van der Waals surface area contributed by atoms with Crippen LogP contribution in [0.25, 0.3) is 0 Å². The summed E-state index contributed by atoms with van der Waals surface area (Å²) in [4.78, 5) is 17.9. The van der Waals surface area contributed by atoms with E-state index in [1.54, 1.807) is 10.3 Å². The van der Waals surface area contributed by atoms with Gasteiger partial charge in [0, 0.05) is 31.6 Å². The van der Waals surface area contributed by atoms with Crippen molar-refractivity contribution in [2.24, 2.45) is 0 Å². The molecule has 0 spiro atoms. The summed E-state index contributed by atoms with van der Waals surface area (Å²) in [7, 11) is -3.15. The lowest BCUT2D eigenvalue weighted by atomic mass is 10.3. The van der Waals surface area contributed by atoms with E-state index < -0.39 is 10.0 Å². The molecule has 0 radical (unpaired) electrons. The van der Waals surface area contributed by atoms with E-state index in [-0.39, 0.29) is 5.91 Å². The highest BCUT2D eigenvalue weighted by atomic mass is 32.2. The van der Waals surface area contributed by atoms with Crippen molar-refractivity contribution in [1.82, 2.24) is 14.2 Å². The highest BCUT2D eigenvalue weighted by Crippen LogP contribution is 2.13. The summed E-state index contributed by atoms with van der Waals surface area (Å²) in [5, 5.41) is 2.59. The number of aryl methyl sites for hydroxylation is 1. The van der Waals surface area contributed by atoms with Crippen molar-refractivity contribution in [2.75, 3.05) is 32.4 Å². The lowest BCUT2D eigenvalue weighted by Gasteiger charge is -2.32. The van der Waals surface area contributed by atoms with Crippen molar-refractivity contribution >= 4 is 27.3 Å². The zero-order valence-corrected chi connectivity index (χ0v) is 11.9. The number of piperazine rings is 1. The van der Waals surface area contributed by atoms with Crippen LogP contribution in [0.4, 0.5) is 0 Å². The van der Waals surface area contributed by atoms with E-state index in [2.05, 4.69) is 4.98 Å². The Morgan fingerprint density at radius 3 is 2.39 bits per heavy atom. The van der Waals surface area contributed by atoms with E-state index in [0.29, 0.717) is 31.9 Å². The highest BCUT2D eigenvalue weighted by molar-refractivity contribution is 7.88. The minimum Gasteiger partial charge on any atom is -0.335 e. The van der Waals surface area contributed by atoms with E-state index >= 15 is 0 Å². The van der Waals surface area contributed by atoms with Crippen LogP contribution in [0.1, 0.15) is 15.5 Å². The Balaban J connectivity index is 2.00. The van der Waals surface area contributed by atoms with Gasteiger partial charge in [0.25, 0.3) is 5.91 Å². The zero-order chi connectivity index (χ0) is 13.3. The Labute approximate surface area is 110 Å². The smallest absolute Gasteiger partial charge is 0.273 e. The first-order valence-corrected chi connectivity index (χ1v) is 8.27. The average molecular weight is 289 g/mol. The molecule has 18 heavy (non-hydrogen) atoms. The number of sulfonamides is 1. The van der Waals surface area contributed by atoms with E-state index in [9.17, 15) is 13.2 Å². The van der Waals surface area contributed by atoms with Crippen LogP contribution in [-0.2, 0) is 10.0 Å². The molecule has 1 aromatic heterocycles. The first-order valence-electron chi connectivity index (χ1n) is 5.54. The monoisotopic (exact) mass is 289 g/mol. The van der Waals surface area contributed by atoms with Crippen LogP contribution in [0.3, 0.4) is 0 Å². The number of aromatic nitrogens is 1. The second-order valence-electron chi connectivity index (χ2n) is 4.21. The molecule has 1 aromatic rings. The lowest BCUT2D eigenvalue weighted by Crippen LogP contribution is -2.50. The quantitative estimate of drug-likeness (QED) is 0.778. The van der Waals surface area contributed by atoms with Crippen molar-refractivity contribution in [3.05, 3.63) is 16.1 Å². The molecule has 100 valence electrons. The van der Waals surface area contributed by atoms with Gasteiger partial charge >= 0.3 is 0 Å². The topological polar surface area (TPSA) is 70.6 Å². The van der Waals surface area contributed by atoms with Gasteiger partial charge in [-0.25, -0.2) is 13.4 Å². The molecule has 1 aliphatic heterocycles. The predicted molar refractivity (Wildman–Crippen MR) is 69.2 cm³/mol. The van der Waals surface area contributed by atoms with E-state index in [1.807, 2.05) is 6.92 Å². The SMILES string of the molecule is Cc1nc(C(=O)N2CCN(S(C)(=O)=O)CC2)cs1. The third-order valence-corrected chi connectivity index (χ3v) is 4.91. The number of carbonyl (C=O) groups is 1. The van der Waals surface area contributed by atoms with Crippen LogP contribution >= 0.6 is 11.3 Å². The van der Waals surface area contributed by atoms with Crippen LogP contribution in [0.2, 0.25) is 0 Å². The van der Waals surface area contributed by atoms with Crippen molar-refractivity contribution in [3.8, 4) is 0 Å². The molecule has 1 amide bonds. The molecule has 0 N–H and O–H groups in total. The molecule has 6 nitrogen and oxygen atoms in total. The maximum atomic E-state index is 12.1. The summed E-state index contributed by atoms with van der Waals surface area (Å²) in [6.07, 6.45) is 1.19. The molecule has 0 aliphatic carbocycles. The second-order valence-corrected chi connectivity index (χ2v) is 7.25. The number of hydrogen-bond acceptors (Lipinski definition) is 5. The van der Waals surface area contributed by atoms with Gasteiger partial charge in [-0.3, -0.25) is 4.79 Å². The maximum Gasteiger partial charge on any atom is 0.273 e. The number of thiazole rings is 1. The van der Waals surface area contributed by atoms with Crippen molar-refractivity contribution < 1.29 is 13.2 Å². The fraction of sp³-hybridized carbons (Fsp3) is 0.600. The Hall–Kier alpha value is -0.990. The van der Waals surface area contributed by atoms with Gasteiger partial charge in [0.1, 0.15) is 5.69 Å². The third kappa shape index (κ3) is 2.88. The van der Waals surface area contributed by atoms with E-state index in [1.165, 1.54) is 21.9 Å². The van der Waals surface area contributed by atoms with Gasteiger partial charge in [0.05, 0.1) is 11.3 Å². The molecule has 1 saturated heterocycles. The average Bonchev–Trinajstić information content (AvgIpc) is 2.74. The van der Waals surface area contributed by atoms with Crippen LogP contribution in [-0.4, -0.2) is 60.9 Å². The van der Waals surface area contributed by atoms with Crippen molar-refractivity contribution in [2.45, 2.75) is 6.92 Å². The predicted octanol–water partition coefficient (Wildman–Crippen LogP) is 0.169. The summed E-state index contributed by atoms with van der Waals surface area (Å²) in [6.45, 7) is 3.40. The van der Waals surface area contributed by atoms with Gasteiger partial charge in [-0.1, -0.05) is 0 Å². The molecule has 0 unspecified atom stereocenters. The summed E-state index contributed by atoms with van der Waals surface area (Å²) < 4.78 is 24.1. The van der Waals surface area contributed by atoms with Gasteiger partial charge in [-0.2, -0.15) is 4.31 Å². The number of carbonyl (C=O) groups excluding carboxylic acids is 1. The molecular formula is C10H15N3O3S2. The molecule has 0 saturated carbocycles. The summed E-state index contributed by atoms with van der Waals surface area (Å²) in [6, 6.07) is 0. The summed E-state index contributed by atoms with van der Waals surface area (Å²) >= 11 is 1.44. The minimum absolute atomic E-state index is 0.118. The Morgan fingerprint density at radius 2 is 1.94 bits per heavy atom. The molecule has 8 heteroatoms. The first kappa shape index (κ1) is 13.4. The number of hydrogen-bond donors (Lipinski definition) is 0. The molecule has 1 aliphatic rings. The number of nitrogens with zero attached hydrogens (tertiary/aromatic N) is 3. The molecular weight excluding hydrogens is 274 g/mol. The Bertz CT molecular complexity index is 544. The number of rotatable bonds is 2. The van der Waals surface area contributed by atoms with Crippen molar-refractivity contribution in [3.63, 3.8) is 0 Å². The van der Waals surface area contributed by atoms with Crippen LogP contribution in [0.5, 0.6) is 0 Å². The van der Waals surface area contributed by atoms with Crippen molar-refractivity contribution in [1.29, 1.82) is 0 Å². The Kier molecular flexibility index (Phi) is 3.69. The normalized spacial score (nSPS) is 18.0. The first-order chi connectivity index (χ1) is 8.38. The number of amides is 1. The molecule has 1 fully saturated rings. The van der Waals surface area contributed by atoms with Crippen LogP contribution in [0.15, 0.2) is 5.38 Å². The molecule has 0 bridgehead atoms. The fourth-order valence-corrected chi connectivity index (χ4v) is 3.26. The minimum atomic E-state index is -3.15. The zero-order valence-electron chi connectivity index (χ0n) is 10.3. The lowest BCUT2D eigenvalue weighted by molar-refractivity contribution is 0.0693. The van der Waals surface area contributed by atoms with Gasteiger partial charge < -0.3 is 4.90 Å². The standard InChI is InChI=1S/C10H15N3O3S2/c1-8-11-9(7-17-8)10(14)12-3-5-13(6-4-12)18(2,15)16/h7H,3-6H2,1-2H3. The molecule has 0 atom stereocenters. The summed E-state index contributed by atoms with van der Waals surface area (Å²) in [5.74, 6) is -0.118. The Morgan fingerprint density at radius 1 is 1.33 bits per heavy atom. The van der Waals surface area contributed by atoms with Crippen LogP contribution in [0, 0.1) is 6.92 Å².